The van der Waals surface area contributed by atoms with Crippen molar-refractivity contribution in [3.8, 4) is 0 Å². The lowest BCUT2D eigenvalue weighted by Gasteiger charge is -2.22. The van der Waals surface area contributed by atoms with Crippen LogP contribution in [0.2, 0.25) is 0 Å². The predicted octanol–water partition coefficient (Wildman–Crippen LogP) is -0.0957. The highest BCUT2D eigenvalue weighted by molar-refractivity contribution is 5.82. The average Bonchev–Trinajstić information content (AvgIpc) is 2.24. The Hall–Kier alpha value is -0.940. The van der Waals surface area contributed by atoms with Crippen LogP contribution in [0.5, 0.6) is 0 Å². The molecule has 0 amide bonds. The maximum absolute atomic E-state index is 11.5. The highest BCUT2D eigenvalue weighted by Crippen LogP contribution is 1.98. The van der Waals surface area contributed by atoms with Crippen LogP contribution in [0.3, 0.4) is 0 Å². The van der Waals surface area contributed by atoms with E-state index in [2.05, 4.69) is 10.1 Å². The summed E-state index contributed by atoms with van der Waals surface area (Å²) in [5.41, 5.74) is 0. The minimum atomic E-state index is -0.394. The van der Waals surface area contributed by atoms with Gasteiger partial charge in [0.1, 0.15) is 11.8 Å². The van der Waals surface area contributed by atoms with Gasteiger partial charge in [0.15, 0.2) is 0 Å². The SMILES string of the molecule is CNC(CN(C)CC(=O)C(C)C)C(=O)OC. The number of nitrogens with one attached hydrogen (secondary N) is 1. The molecule has 0 saturated heterocycles. The quantitative estimate of drug-likeness (QED) is 0.619. The summed E-state index contributed by atoms with van der Waals surface area (Å²) in [6.07, 6.45) is 0. The van der Waals surface area contributed by atoms with E-state index in [4.69, 9.17) is 0 Å². The highest BCUT2D eigenvalue weighted by atomic mass is 16.5. The topological polar surface area (TPSA) is 58.6 Å². The number of ether oxygens (including phenoxy) is 1. The minimum Gasteiger partial charge on any atom is -0.468 e. The van der Waals surface area contributed by atoms with Gasteiger partial charge in [-0.2, -0.15) is 0 Å². The van der Waals surface area contributed by atoms with Crippen LogP contribution in [0.4, 0.5) is 0 Å². The third-order valence-corrected chi connectivity index (χ3v) is 2.40. The van der Waals surface area contributed by atoms with Crippen LogP contribution in [-0.2, 0) is 14.3 Å². The highest BCUT2D eigenvalue weighted by Gasteiger charge is 2.20. The summed E-state index contributed by atoms with van der Waals surface area (Å²) in [4.78, 5) is 24.6. The summed E-state index contributed by atoms with van der Waals surface area (Å²) in [5.74, 6) is -0.123. The standard InChI is InChI=1S/C11H22N2O3/c1-8(2)10(14)7-13(4)6-9(12-3)11(15)16-5/h8-9,12H,6-7H2,1-5H3. The molecule has 16 heavy (non-hydrogen) atoms. The first kappa shape index (κ1) is 15.1. The van der Waals surface area contributed by atoms with Crippen molar-refractivity contribution in [2.24, 2.45) is 5.92 Å². The summed E-state index contributed by atoms with van der Waals surface area (Å²) in [6.45, 7) is 4.55. The van der Waals surface area contributed by atoms with E-state index < -0.39 is 6.04 Å². The first-order chi connectivity index (χ1) is 7.42. The number of ketones is 1. The van der Waals surface area contributed by atoms with Gasteiger partial charge in [0.2, 0.25) is 0 Å². The Balaban J connectivity index is 4.15. The van der Waals surface area contributed by atoms with Crippen molar-refractivity contribution in [1.29, 1.82) is 0 Å². The van der Waals surface area contributed by atoms with E-state index in [0.29, 0.717) is 13.1 Å². The van der Waals surface area contributed by atoms with Crippen molar-refractivity contribution >= 4 is 11.8 Å². The second-order valence-electron chi connectivity index (χ2n) is 4.18. The van der Waals surface area contributed by atoms with Crippen molar-refractivity contribution in [3.05, 3.63) is 0 Å². The molecular weight excluding hydrogens is 208 g/mol. The van der Waals surface area contributed by atoms with Crippen LogP contribution in [0, 0.1) is 5.92 Å². The van der Waals surface area contributed by atoms with E-state index in [0.717, 1.165) is 0 Å². The summed E-state index contributed by atoms with van der Waals surface area (Å²) < 4.78 is 4.64. The van der Waals surface area contributed by atoms with Gasteiger partial charge in [-0.05, 0) is 14.1 Å². The molecule has 0 aliphatic rings. The fraction of sp³-hybridized carbons (Fsp3) is 0.818. The second kappa shape index (κ2) is 7.35. The Morgan fingerprint density at radius 3 is 2.31 bits per heavy atom. The summed E-state index contributed by atoms with van der Waals surface area (Å²) in [7, 11) is 4.86. The first-order valence-electron chi connectivity index (χ1n) is 5.38. The number of rotatable bonds is 7. The lowest BCUT2D eigenvalue weighted by molar-refractivity contribution is -0.143. The number of Topliss-reactive ketones (excluding diaryl/α,β-unsaturated/α-hetero) is 1. The van der Waals surface area contributed by atoms with Gasteiger partial charge in [0, 0.05) is 12.5 Å². The van der Waals surface area contributed by atoms with Gasteiger partial charge in [0.05, 0.1) is 13.7 Å². The van der Waals surface area contributed by atoms with Crippen molar-refractivity contribution < 1.29 is 14.3 Å². The molecule has 0 aromatic carbocycles. The van der Waals surface area contributed by atoms with Crippen molar-refractivity contribution in [2.45, 2.75) is 19.9 Å². The zero-order valence-corrected chi connectivity index (χ0v) is 10.7. The van der Waals surface area contributed by atoms with Gasteiger partial charge < -0.3 is 10.1 Å². The Labute approximate surface area is 97.1 Å². The fourth-order valence-electron chi connectivity index (χ4n) is 1.25. The molecule has 0 bridgehead atoms. The molecule has 0 rings (SSSR count). The van der Waals surface area contributed by atoms with Gasteiger partial charge in [-0.15, -0.1) is 0 Å². The zero-order chi connectivity index (χ0) is 12.7. The van der Waals surface area contributed by atoms with Crippen LogP contribution in [0.25, 0.3) is 0 Å². The molecule has 1 unspecified atom stereocenters. The molecule has 0 aromatic heterocycles. The molecule has 0 aliphatic heterocycles. The molecule has 0 heterocycles. The van der Waals surface area contributed by atoms with E-state index in [9.17, 15) is 9.59 Å². The molecule has 5 nitrogen and oxygen atoms in total. The Bertz CT molecular complexity index is 241. The van der Waals surface area contributed by atoms with E-state index in [1.54, 1.807) is 7.05 Å². The summed E-state index contributed by atoms with van der Waals surface area (Å²) >= 11 is 0. The number of nitrogens with zero attached hydrogens (tertiary/aromatic N) is 1. The van der Waals surface area contributed by atoms with Crippen LogP contribution in [0.1, 0.15) is 13.8 Å². The molecule has 0 aliphatic carbocycles. The Morgan fingerprint density at radius 1 is 1.38 bits per heavy atom. The van der Waals surface area contributed by atoms with E-state index in [1.807, 2.05) is 25.8 Å². The number of hydrogen-bond acceptors (Lipinski definition) is 5. The van der Waals surface area contributed by atoms with Gasteiger partial charge in [0.25, 0.3) is 0 Å². The normalized spacial score (nSPS) is 12.9. The smallest absolute Gasteiger partial charge is 0.324 e. The number of hydrogen-bond donors (Lipinski definition) is 1. The molecular formula is C11H22N2O3. The second-order valence-corrected chi connectivity index (χ2v) is 4.18. The lowest BCUT2D eigenvalue weighted by atomic mass is 10.1. The predicted molar refractivity (Wildman–Crippen MR) is 62.2 cm³/mol. The molecule has 1 atom stereocenters. The molecule has 0 aromatic rings. The zero-order valence-electron chi connectivity index (χ0n) is 10.7. The monoisotopic (exact) mass is 230 g/mol. The molecule has 0 fully saturated rings. The maximum Gasteiger partial charge on any atom is 0.324 e. The number of carbonyl (C=O) groups is 2. The first-order valence-corrected chi connectivity index (χ1v) is 5.38. The van der Waals surface area contributed by atoms with Crippen LogP contribution >= 0.6 is 0 Å². The average molecular weight is 230 g/mol. The number of esters is 1. The van der Waals surface area contributed by atoms with Gasteiger partial charge in [-0.25, -0.2) is 0 Å². The van der Waals surface area contributed by atoms with Crippen LogP contribution in [0.15, 0.2) is 0 Å². The van der Waals surface area contributed by atoms with Crippen LogP contribution in [-0.4, -0.2) is 57.0 Å². The molecule has 0 spiro atoms. The maximum atomic E-state index is 11.5. The minimum absolute atomic E-state index is 0.0219. The third kappa shape index (κ3) is 5.23. The number of methoxy groups -OCH3 is 1. The number of likely N-dealkylation sites (N-methyl/N-ethyl adjacent to an activating group) is 2. The van der Waals surface area contributed by atoms with Crippen LogP contribution < -0.4 is 5.32 Å². The van der Waals surface area contributed by atoms with Crippen molar-refractivity contribution in [2.75, 3.05) is 34.3 Å². The molecule has 0 saturated carbocycles. The lowest BCUT2D eigenvalue weighted by Crippen LogP contribution is -2.45. The molecule has 94 valence electrons. The number of carbonyl (C=O) groups excluding carboxylic acids is 2. The van der Waals surface area contributed by atoms with Crippen molar-refractivity contribution in [1.82, 2.24) is 10.2 Å². The summed E-state index contributed by atoms with van der Waals surface area (Å²) in [6, 6.07) is -0.394. The van der Waals surface area contributed by atoms with E-state index >= 15 is 0 Å². The van der Waals surface area contributed by atoms with Gasteiger partial charge in [-0.3, -0.25) is 14.5 Å². The molecule has 1 N–H and O–H groups in total. The largest absolute Gasteiger partial charge is 0.468 e. The molecule has 5 heteroatoms. The van der Waals surface area contributed by atoms with Gasteiger partial charge in [-0.1, -0.05) is 13.8 Å². The third-order valence-electron chi connectivity index (χ3n) is 2.40. The van der Waals surface area contributed by atoms with E-state index in [1.165, 1.54) is 7.11 Å². The Kier molecular flexibility index (Phi) is 6.92. The molecule has 0 radical (unpaired) electrons. The van der Waals surface area contributed by atoms with Gasteiger partial charge >= 0.3 is 5.97 Å². The summed E-state index contributed by atoms with van der Waals surface area (Å²) in [5, 5.41) is 2.86. The van der Waals surface area contributed by atoms with E-state index in [-0.39, 0.29) is 17.7 Å². The fourth-order valence-corrected chi connectivity index (χ4v) is 1.25. The van der Waals surface area contributed by atoms with Crippen molar-refractivity contribution in [3.63, 3.8) is 0 Å². The Morgan fingerprint density at radius 2 is 1.94 bits per heavy atom.